The van der Waals surface area contributed by atoms with Crippen LogP contribution >= 0.6 is 0 Å². The Morgan fingerprint density at radius 1 is 0.810 bits per heavy atom. The minimum Gasteiger partial charge on any atom is -0.310 e. The van der Waals surface area contributed by atoms with Crippen molar-refractivity contribution >= 4 is 0 Å². The highest BCUT2D eigenvalue weighted by Gasteiger charge is 2.20. The van der Waals surface area contributed by atoms with Crippen molar-refractivity contribution in [2.75, 3.05) is 0 Å². The topological polar surface area (TPSA) is 12.0 Å². The van der Waals surface area contributed by atoms with Gasteiger partial charge in [-0.2, -0.15) is 0 Å². The van der Waals surface area contributed by atoms with Gasteiger partial charge >= 0.3 is 0 Å². The van der Waals surface area contributed by atoms with Gasteiger partial charge in [0.15, 0.2) is 11.6 Å². The van der Waals surface area contributed by atoms with Crippen LogP contribution in [-0.4, -0.2) is 6.04 Å². The highest BCUT2D eigenvalue weighted by Crippen LogP contribution is 2.28. The summed E-state index contributed by atoms with van der Waals surface area (Å²) in [5, 5.41) is 3.24. The average molecular weight is 295 g/mol. The lowest BCUT2D eigenvalue weighted by Crippen LogP contribution is -2.15. The van der Waals surface area contributed by atoms with Gasteiger partial charge in [0.1, 0.15) is 11.6 Å². The number of hydrogen-bond donors (Lipinski definition) is 1. The fourth-order valence-corrected chi connectivity index (χ4v) is 2.17. The maximum absolute atomic E-state index is 14.1. The molecule has 110 valence electrons. The molecule has 21 heavy (non-hydrogen) atoms. The molecule has 3 rings (SSSR count). The van der Waals surface area contributed by atoms with E-state index in [1.54, 1.807) is 6.07 Å². The van der Waals surface area contributed by atoms with Crippen molar-refractivity contribution in [2.45, 2.75) is 25.4 Å². The van der Waals surface area contributed by atoms with Crippen molar-refractivity contribution in [2.24, 2.45) is 0 Å². The van der Waals surface area contributed by atoms with Gasteiger partial charge in [-0.05, 0) is 30.5 Å². The molecule has 0 unspecified atom stereocenters. The Kier molecular flexibility index (Phi) is 3.68. The van der Waals surface area contributed by atoms with Crippen LogP contribution < -0.4 is 5.32 Å². The van der Waals surface area contributed by atoms with E-state index in [4.69, 9.17) is 0 Å². The monoisotopic (exact) mass is 295 g/mol. The third-order valence-corrected chi connectivity index (χ3v) is 3.51. The van der Waals surface area contributed by atoms with Gasteiger partial charge < -0.3 is 5.32 Å². The van der Waals surface area contributed by atoms with Gasteiger partial charge in [-0.1, -0.05) is 12.1 Å². The average Bonchev–Trinajstić information content (AvgIpc) is 3.25. The molecule has 1 aliphatic rings. The molecular weight excluding hydrogens is 282 g/mol. The van der Waals surface area contributed by atoms with E-state index >= 15 is 0 Å². The Labute approximate surface area is 119 Å². The highest BCUT2D eigenvalue weighted by atomic mass is 19.2. The molecule has 5 heteroatoms. The SMILES string of the molecule is Fc1cc(F)c(-c2ccc(CNC3CC3)cc2F)cc1F. The standard InChI is InChI=1S/C16H13F4N/c17-13-5-9(8-21-10-2-3-10)1-4-11(13)12-6-15(19)16(20)7-14(12)18/h1,4-7,10,21H,2-3,8H2. The van der Waals surface area contributed by atoms with E-state index in [0.717, 1.165) is 18.4 Å². The molecule has 0 heterocycles. The largest absolute Gasteiger partial charge is 0.310 e. The zero-order valence-corrected chi connectivity index (χ0v) is 11.1. The van der Waals surface area contributed by atoms with E-state index in [1.165, 1.54) is 12.1 Å². The maximum atomic E-state index is 14.1. The summed E-state index contributed by atoms with van der Waals surface area (Å²) in [6.45, 7) is 0.530. The van der Waals surface area contributed by atoms with E-state index in [1.807, 2.05) is 0 Å². The molecule has 2 aromatic rings. The quantitative estimate of drug-likeness (QED) is 0.659. The van der Waals surface area contributed by atoms with Gasteiger partial charge in [-0.3, -0.25) is 0 Å². The number of hydrogen-bond acceptors (Lipinski definition) is 1. The Morgan fingerprint density at radius 2 is 1.48 bits per heavy atom. The van der Waals surface area contributed by atoms with Crippen molar-refractivity contribution in [1.82, 2.24) is 5.32 Å². The first-order valence-corrected chi connectivity index (χ1v) is 6.71. The molecular formula is C16H13F4N. The van der Waals surface area contributed by atoms with Crippen LogP contribution in [0.15, 0.2) is 30.3 Å². The molecule has 0 aliphatic heterocycles. The van der Waals surface area contributed by atoms with E-state index < -0.39 is 23.3 Å². The molecule has 0 saturated heterocycles. The van der Waals surface area contributed by atoms with Crippen molar-refractivity contribution in [3.63, 3.8) is 0 Å². The Morgan fingerprint density at radius 3 is 2.14 bits per heavy atom. The summed E-state index contributed by atoms with van der Waals surface area (Å²) in [6, 6.07) is 5.91. The van der Waals surface area contributed by atoms with Crippen LogP contribution in [0.5, 0.6) is 0 Å². The third-order valence-electron chi connectivity index (χ3n) is 3.51. The number of benzene rings is 2. The lowest BCUT2D eigenvalue weighted by molar-refractivity contribution is 0.495. The van der Waals surface area contributed by atoms with Crippen molar-refractivity contribution in [3.05, 3.63) is 59.2 Å². The molecule has 1 aliphatic carbocycles. The van der Waals surface area contributed by atoms with Gasteiger partial charge in [0.2, 0.25) is 0 Å². The van der Waals surface area contributed by atoms with E-state index in [9.17, 15) is 17.6 Å². The van der Waals surface area contributed by atoms with Crippen molar-refractivity contribution < 1.29 is 17.6 Å². The fourth-order valence-electron chi connectivity index (χ4n) is 2.17. The van der Waals surface area contributed by atoms with Crippen LogP contribution in [-0.2, 0) is 6.54 Å². The summed E-state index contributed by atoms with van der Waals surface area (Å²) in [7, 11) is 0. The second kappa shape index (κ2) is 5.48. The van der Waals surface area contributed by atoms with E-state index in [2.05, 4.69) is 5.32 Å². The fraction of sp³-hybridized carbons (Fsp3) is 0.250. The first-order valence-electron chi connectivity index (χ1n) is 6.71. The highest BCUT2D eigenvalue weighted by molar-refractivity contribution is 5.65. The van der Waals surface area contributed by atoms with Gasteiger partial charge in [0, 0.05) is 29.8 Å². The van der Waals surface area contributed by atoms with Gasteiger partial charge in [0.05, 0.1) is 0 Å². The zero-order valence-electron chi connectivity index (χ0n) is 11.1. The second-order valence-electron chi connectivity index (χ2n) is 5.22. The lowest BCUT2D eigenvalue weighted by atomic mass is 10.0. The minimum absolute atomic E-state index is 0.0819. The zero-order chi connectivity index (χ0) is 15.0. The molecule has 1 N–H and O–H groups in total. The minimum atomic E-state index is -1.29. The molecule has 2 aromatic carbocycles. The lowest BCUT2D eigenvalue weighted by Gasteiger charge is -2.09. The molecule has 0 atom stereocenters. The summed E-state index contributed by atoms with van der Waals surface area (Å²) >= 11 is 0. The smallest absolute Gasteiger partial charge is 0.161 e. The molecule has 0 amide bonds. The summed E-state index contributed by atoms with van der Waals surface area (Å²) < 4.78 is 53.9. The molecule has 0 bridgehead atoms. The summed E-state index contributed by atoms with van der Waals surface area (Å²) in [5.74, 6) is -4.14. The normalized spacial score (nSPS) is 14.5. The van der Waals surface area contributed by atoms with Gasteiger partial charge in [-0.15, -0.1) is 0 Å². The second-order valence-corrected chi connectivity index (χ2v) is 5.22. The first-order chi connectivity index (χ1) is 10.0. The molecule has 1 nitrogen and oxygen atoms in total. The van der Waals surface area contributed by atoms with E-state index in [-0.39, 0.29) is 11.1 Å². The van der Waals surface area contributed by atoms with Crippen LogP contribution in [0.25, 0.3) is 11.1 Å². The Balaban J connectivity index is 1.89. The molecule has 0 aromatic heterocycles. The van der Waals surface area contributed by atoms with Crippen molar-refractivity contribution in [3.8, 4) is 11.1 Å². The van der Waals surface area contributed by atoms with Crippen LogP contribution in [0.3, 0.4) is 0 Å². The predicted octanol–water partition coefficient (Wildman–Crippen LogP) is 4.16. The van der Waals surface area contributed by atoms with Crippen LogP contribution in [0.2, 0.25) is 0 Å². The van der Waals surface area contributed by atoms with Crippen molar-refractivity contribution in [1.29, 1.82) is 0 Å². The number of rotatable bonds is 4. The van der Waals surface area contributed by atoms with Crippen LogP contribution in [0.1, 0.15) is 18.4 Å². The van der Waals surface area contributed by atoms with Gasteiger partial charge in [-0.25, -0.2) is 17.6 Å². The third kappa shape index (κ3) is 3.08. The van der Waals surface area contributed by atoms with E-state index in [0.29, 0.717) is 24.7 Å². The maximum Gasteiger partial charge on any atom is 0.161 e. The summed E-state index contributed by atoms with van der Waals surface area (Å²) in [6.07, 6.45) is 2.25. The number of halogens is 4. The van der Waals surface area contributed by atoms with Gasteiger partial charge in [0.25, 0.3) is 0 Å². The molecule has 0 radical (unpaired) electrons. The number of nitrogens with one attached hydrogen (secondary N) is 1. The Hall–Kier alpha value is -1.88. The first kappa shape index (κ1) is 14.1. The molecule has 0 spiro atoms. The molecule has 1 fully saturated rings. The summed E-state index contributed by atoms with van der Waals surface area (Å²) in [4.78, 5) is 0. The van der Waals surface area contributed by atoms with Crippen LogP contribution in [0, 0.1) is 23.3 Å². The van der Waals surface area contributed by atoms with Crippen LogP contribution in [0.4, 0.5) is 17.6 Å². The molecule has 1 saturated carbocycles. The Bertz CT molecular complexity index is 680. The summed E-state index contributed by atoms with van der Waals surface area (Å²) in [5.41, 5.74) is 0.362. The predicted molar refractivity (Wildman–Crippen MR) is 71.6 cm³/mol.